The number of hydrogen-bond donors (Lipinski definition) is 2. The number of aromatic nitrogens is 2. The molecule has 3 aromatic rings. The summed E-state index contributed by atoms with van der Waals surface area (Å²) in [5.41, 5.74) is 2.13. The number of amides is 1. The van der Waals surface area contributed by atoms with Crippen LogP contribution in [0.1, 0.15) is 33.6 Å². The molecule has 136 valence electrons. The number of aryl methyl sites for hydroxylation is 1. The second kappa shape index (κ2) is 7.97. The zero-order valence-electron chi connectivity index (χ0n) is 14.8. The van der Waals surface area contributed by atoms with Crippen LogP contribution in [-0.4, -0.2) is 21.7 Å². The highest BCUT2D eigenvalue weighted by Crippen LogP contribution is 2.19. The minimum Gasteiger partial charge on any atom is -0.340 e. The first-order chi connectivity index (χ1) is 12.9. The van der Waals surface area contributed by atoms with E-state index < -0.39 is 0 Å². The summed E-state index contributed by atoms with van der Waals surface area (Å²) in [6.07, 6.45) is 0. The van der Waals surface area contributed by atoms with Crippen LogP contribution in [-0.2, 0) is 0 Å². The predicted octanol–water partition coefficient (Wildman–Crippen LogP) is 4.64. The Morgan fingerprint density at radius 2 is 1.70 bits per heavy atom. The van der Waals surface area contributed by atoms with Crippen LogP contribution < -0.4 is 10.6 Å². The molecule has 0 saturated carbocycles. The van der Waals surface area contributed by atoms with Crippen molar-refractivity contribution >= 4 is 40.5 Å². The van der Waals surface area contributed by atoms with Crippen molar-refractivity contribution in [1.82, 2.24) is 9.97 Å². The smallest absolute Gasteiger partial charge is 0.274 e. The van der Waals surface area contributed by atoms with Crippen molar-refractivity contribution in [2.75, 3.05) is 10.6 Å². The lowest BCUT2D eigenvalue weighted by Crippen LogP contribution is -2.15. The topological polar surface area (TPSA) is 84.0 Å². The molecule has 0 aliphatic rings. The quantitative estimate of drug-likeness (QED) is 0.630. The minimum absolute atomic E-state index is 0.0273. The van der Waals surface area contributed by atoms with Crippen LogP contribution in [0.2, 0.25) is 5.02 Å². The van der Waals surface area contributed by atoms with Gasteiger partial charge in [-0.25, -0.2) is 9.97 Å². The highest BCUT2D eigenvalue weighted by Gasteiger charge is 2.11. The number of ketones is 1. The summed E-state index contributed by atoms with van der Waals surface area (Å²) in [7, 11) is 0. The van der Waals surface area contributed by atoms with E-state index in [0.717, 1.165) is 0 Å². The first-order valence-electron chi connectivity index (χ1n) is 8.21. The van der Waals surface area contributed by atoms with Crippen LogP contribution in [0.4, 0.5) is 17.2 Å². The van der Waals surface area contributed by atoms with Crippen LogP contribution in [0.25, 0.3) is 0 Å². The maximum absolute atomic E-state index is 12.5. The Kier molecular flexibility index (Phi) is 5.47. The summed E-state index contributed by atoms with van der Waals surface area (Å²) in [5.74, 6) is 0.525. The Bertz CT molecular complexity index is 1000. The molecule has 0 spiro atoms. The van der Waals surface area contributed by atoms with Gasteiger partial charge in [0.2, 0.25) is 0 Å². The summed E-state index contributed by atoms with van der Waals surface area (Å²) in [4.78, 5) is 32.5. The molecule has 0 saturated heterocycles. The molecule has 0 unspecified atom stereocenters. The van der Waals surface area contributed by atoms with E-state index in [2.05, 4.69) is 20.6 Å². The monoisotopic (exact) mass is 380 g/mol. The molecule has 2 aromatic carbocycles. The molecule has 0 bridgehead atoms. The average molecular weight is 381 g/mol. The zero-order valence-corrected chi connectivity index (χ0v) is 15.5. The molecule has 2 N–H and O–H groups in total. The number of carbonyl (C=O) groups is 2. The van der Waals surface area contributed by atoms with Gasteiger partial charge in [-0.05, 0) is 50.2 Å². The molecule has 0 aliphatic carbocycles. The van der Waals surface area contributed by atoms with E-state index in [-0.39, 0.29) is 17.4 Å². The third-order valence-electron chi connectivity index (χ3n) is 3.71. The van der Waals surface area contributed by atoms with Gasteiger partial charge in [-0.1, -0.05) is 23.7 Å². The van der Waals surface area contributed by atoms with Gasteiger partial charge in [0.15, 0.2) is 5.78 Å². The number of rotatable bonds is 5. The van der Waals surface area contributed by atoms with Gasteiger partial charge in [0.25, 0.3) is 5.91 Å². The highest BCUT2D eigenvalue weighted by atomic mass is 35.5. The first kappa shape index (κ1) is 18.5. The molecule has 0 fully saturated rings. The largest absolute Gasteiger partial charge is 0.340 e. The van der Waals surface area contributed by atoms with Gasteiger partial charge in [-0.15, -0.1) is 0 Å². The van der Waals surface area contributed by atoms with Crippen molar-refractivity contribution in [1.29, 1.82) is 0 Å². The van der Waals surface area contributed by atoms with Crippen LogP contribution in [0.5, 0.6) is 0 Å². The molecule has 1 heterocycles. The van der Waals surface area contributed by atoms with Gasteiger partial charge in [-0.2, -0.15) is 0 Å². The van der Waals surface area contributed by atoms with Crippen LogP contribution in [0.3, 0.4) is 0 Å². The van der Waals surface area contributed by atoms with Crippen LogP contribution in [0, 0.1) is 6.92 Å². The van der Waals surface area contributed by atoms with Crippen molar-refractivity contribution in [2.45, 2.75) is 13.8 Å². The molecule has 3 rings (SSSR count). The van der Waals surface area contributed by atoms with E-state index in [0.29, 0.717) is 33.6 Å². The number of nitrogens with one attached hydrogen (secondary N) is 2. The van der Waals surface area contributed by atoms with Crippen LogP contribution in [0.15, 0.2) is 54.6 Å². The second-order valence-corrected chi connectivity index (χ2v) is 6.35. The number of halogens is 1. The van der Waals surface area contributed by atoms with Crippen molar-refractivity contribution in [3.05, 3.63) is 76.7 Å². The lowest BCUT2D eigenvalue weighted by molar-refractivity contribution is 0.101. The molecule has 6 nitrogen and oxygen atoms in total. The summed E-state index contributed by atoms with van der Waals surface area (Å²) >= 11 is 5.85. The molecule has 0 atom stereocenters. The number of anilines is 3. The molecule has 1 aromatic heterocycles. The van der Waals surface area contributed by atoms with Crippen LogP contribution >= 0.6 is 11.6 Å². The summed E-state index contributed by atoms with van der Waals surface area (Å²) in [6.45, 7) is 3.21. The molecular weight excluding hydrogens is 364 g/mol. The van der Waals surface area contributed by atoms with Gasteiger partial charge in [-0.3, -0.25) is 9.59 Å². The molecule has 0 radical (unpaired) electrons. The van der Waals surface area contributed by atoms with E-state index in [9.17, 15) is 9.59 Å². The van der Waals surface area contributed by atoms with Crippen molar-refractivity contribution in [2.24, 2.45) is 0 Å². The van der Waals surface area contributed by atoms with E-state index >= 15 is 0 Å². The lowest BCUT2D eigenvalue weighted by Gasteiger charge is -2.10. The Balaban J connectivity index is 1.81. The maximum atomic E-state index is 12.5. The summed E-state index contributed by atoms with van der Waals surface area (Å²) in [5, 5.41) is 6.46. The average Bonchev–Trinajstić information content (AvgIpc) is 2.63. The zero-order chi connectivity index (χ0) is 19.4. The van der Waals surface area contributed by atoms with E-state index in [1.54, 1.807) is 55.5 Å². The van der Waals surface area contributed by atoms with Crippen molar-refractivity contribution in [3.63, 3.8) is 0 Å². The second-order valence-electron chi connectivity index (χ2n) is 5.91. The van der Waals surface area contributed by atoms with Gasteiger partial charge in [0.05, 0.1) is 0 Å². The summed E-state index contributed by atoms with van der Waals surface area (Å²) in [6, 6.07) is 15.4. The Labute approximate surface area is 161 Å². The fraction of sp³-hybridized carbons (Fsp3) is 0.100. The number of Topliss-reactive ketones (excluding diaryl/α,β-unsaturated/α-hetero) is 1. The Morgan fingerprint density at radius 3 is 2.41 bits per heavy atom. The SMILES string of the molecule is CC(=O)c1cccc(Nc2cc(C(=O)Nc3ccc(Cl)cc3)nc(C)n2)c1. The molecule has 27 heavy (non-hydrogen) atoms. The predicted molar refractivity (Wildman–Crippen MR) is 106 cm³/mol. The van der Waals surface area contributed by atoms with Gasteiger partial charge in [0.1, 0.15) is 17.3 Å². The van der Waals surface area contributed by atoms with Gasteiger partial charge >= 0.3 is 0 Å². The lowest BCUT2D eigenvalue weighted by atomic mass is 10.1. The molecule has 0 aliphatic heterocycles. The van der Waals surface area contributed by atoms with Gasteiger partial charge < -0.3 is 10.6 Å². The Morgan fingerprint density at radius 1 is 0.963 bits per heavy atom. The number of nitrogens with zero attached hydrogens (tertiary/aromatic N) is 2. The summed E-state index contributed by atoms with van der Waals surface area (Å²) < 4.78 is 0. The third-order valence-corrected chi connectivity index (χ3v) is 3.97. The molecular formula is C20H17ClN4O2. The maximum Gasteiger partial charge on any atom is 0.274 e. The van der Waals surface area contributed by atoms with Crippen molar-refractivity contribution in [3.8, 4) is 0 Å². The number of benzene rings is 2. The normalized spacial score (nSPS) is 10.3. The molecule has 7 heteroatoms. The van der Waals surface area contributed by atoms with E-state index in [4.69, 9.17) is 11.6 Å². The Hall–Kier alpha value is -3.25. The van der Waals surface area contributed by atoms with Gasteiger partial charge in [0, 0.05) is 28.0 Å². The number of carbonyl (C=O) groups excluding carboxylic acids is 2. The molecule has 1 amide bonds. The van der Waals surface area contributed by atoms with E-state index in [1.807, 2.05) is 6.07 Å². The van der Waals surface area contributed by atoms with E-state index in [1.165, 1.54) is 6.92 Å². The third kappa shape index (κ3) is 4.89. The van der Waals surface area contributed by atoms with Crippen molar-refractivity contribution < 1.29 is 9.59 Å². The highest BCUT2D eigenvalue weighted by molar-refractivity contribution is 6.30. The minimum atomic E-state index is -0.358. The number of hydrogen-bond acceptors (Lipinski definition) is 5. The fourth-order valence-corrected chi connectivity index (χ4v) is 2.57. The first-order valence-corrected chi connectivity index (χ1v) is 8.59. The fourth-order valence-electron chi connectivity index (χ4n) is 2.44. The standard InChI is InChI=1S/C20H17ClN4O2/c1-12(26)14-4-3-5-17(10-14)24-19-11-18(22-13(2)23-19)20(27)25-16-8-6-15(21)7-9-16/h3-11H,1-2H3,(H,25,27)(H,22,23,24).